The number of amides is 1. The predicted octanol–water partition coefficient (Wildman–Crippen LogP) is 1.35. The molecule has 11 heteroatoms. The summed E-state index contributed by atoms with van der Waals surface area (Å²) in [6.45, 7) is 12.2. The van der Waals surface area contributed by atoms with E-state index in [0.29, 0.717) is 51.6 Å². The quantitative estimate of drug-likeness (QED) is 0.470. The van der Waals surface area contributed by atoms with Crippen LogP contribution in [0, 0.1) is 40.4 Å². The largest absolute Gasteiger partial charge is 0.393 e. The number of sulfonamides is 1. The van der Waals surface area contributed by atoms with Gasteiger partial charge in [-0.15, -0.1) is 0 Å². The van der Waals surface area contributed by atoms with Crippen LogP contribution in [0.3, 0.4) is 0 Å². The molecule has 6 rings (SSSR count). The molecule has 0 radical (unpaired) electrons. The third-order valence-corrected chi connectivity index (χ3v) is 12.4. The Bertz CT molecular complexity index is 1140. The minimum absolute atomic E-state index is 0.0148. The van der Waals surface area contributed by atoms with E-state index in [9.17, 15) is 18.3 Å². The first-order chi connectivity index (χ1) is 18.3. The summed E-state index contributed by atoms with van der Waals surface area (Å²) in [6.07, 6.45) is 4.19. The molecule has 6 aliphatic rings. The number of hydrogen-bond acceptors (Lipinski definition) is 8. The van der Waals surface area contributed by atoms with Crippen molar-refractivity contribution in [1.82, 2.24) is 15.0 Å². The highest BCUT2D eigenvalue weighted by molar-refractivity contribution is 7.88. The monoisotopic (exact) mass is 566 g/mol. The van der Waals surface area contributed by atoms with Crippen LogP contribution in [0.25, 0.3) is 0 Å². The summed E-state index contributed by atoms with van der Waals surface area (Å²) in [7, 11) is -3.54. The summed E-state index contributed by atoms with van der Waals surface area (Å²) in [5.41, 5.74) is -0.453. The molecule has 3 aliphatic heterocycles. The minimum Gasteiger partial charge on any atom is -0.393 e. The number of carbonyl (C=O) groups excluding carboxylic acids is 1. The van der Waals surface area contributed by atoms with Crippen LogP contribution in [-0.2, 0) is 24.3 Å². The average molecular weight is 567 g/mol. The van der Waals surface area contributed by atoms with Crippen LogP contribution >= 0.6 is 0 Å². The smallest absolute Gasteiger partial charge is 0.223 e. The number of nitrogens with one attached hydrogen (secondary N) is 2. The summed E-state index contributed by atoms with van der Waals surface area (Å²) in [4.78, 5) is 12.7. The third-order valence-electron chi connectivity index (χ3n) is 11.7. The van der Waals surface area contributed by atoms with Crippen molar-refractivity contribution in [3.63, 3.8) is 0 Å². The van der Waals surface area contributed by atoms with E-state index in [-0.39, 0.29) is 41.1 Å². The van der Waals surface area contributed by atoms with Crippen LogP contribution < -0.4 is 10.0 Å². The summed E-state index contributed by atoms with van der Waals surface area (Å²) in [5.74, 6) is 0.226. The molecule has 3 aliphatic carbocycles. The van der Waals surface area contributed by atoms with Crippen LogP contribution in [0.4, 0.5) is 0 Å². The van der Waals surface area contributed by atoms with Crippen molar-refractivity contribution in [3.8, 4) is 0 Å². The fourth-order valence-corrected chi connectivity index (χ4v) is 10.3. The molecule has 0 aromatic heterocycles. The number of aliphatic hydroxyl groups is 1. The Morgan fingerprint density at radius 3 is 2.54 bits per heavy atom. The van der Waals surface area contributed by atoms with E-state index in [1.54, 1.807) is 0 Å². The maximum Gasteiger partial charge on any atom is 0.223 e. The van der Waals surface area contributed by atoms with Gasteiger partial charge in [0, 0.05) is 29.7 Å². The molecule has 10 atom stereocenters. The van der Waals surface area contributed by atoms with Crippen molar-refractivity contribution in [2.45, 2.75) is 83.6 Å². The Hall–Kier alpha value is -1.27. The Balaban J connectivity index is 1.46. The molecule has 3 saturated heterocycles. The number of fused-ring (bicyclic) bond motifs is 3. The van der Waals surface area contributed by atoms with Gasteiger partial charge in [0.2, 0.25) is 15.9 Å². The Kier molecular flexibility index (Phi) is 6.70. The molecule has 220 valence electrons. The summed E-state index contributed by atoms with van der Waals surface area (Å²) in [5, 5.41) is 21.5. The predicted molar refractivity (Wildman–Crippen MR) is 146 cm³/mol. The second-order valence-electron chi connectivity index (χ2n) is 14.0. The zero-order valence-corrected chi connectivity index (χ0v) is 24.8. The maximum atomic E-state index is 12.7. The highest BCUT2D eigenvalue weighted by Crippen LogP contribution is 2.68. The zero-order valence-electron chi connectivity index (χ0n) is 24.0. The Labute approximate surface area is 232 Å². The minimum atomic E-state index is -3.54. The van der Waals surface area contributed by atoms with E-state index in [1.807, 2.05) is 5.01 Å². The molecule has 39 heavy (non-hydrogen) atoms. The molecule has 6 fully saturated rings. The van der Waals surface area contributed by atoms with Crippen LogP contribution in [-0.4, -0.2) is 93.1 Å². The van der Waals surface area contributed by atoms with Crippen molar-refractivity contribution in [2.24, 2.45) is 45.5 Å². The van der Waals surface area contributed by atoms with Gasteiger partial charge in [0.1, 0.15) is 0 Å². The lowest BCUT2D eigenvalue weighted by Crippen LogP contribution is -2.75. The maximum absolute atomic E-state index is 12.7. The first-order valence-corrected chi connectivity index (χ1v) is 16.7. The number of hydrazone groups is 1. The Morgan fingerprint density at radius 1 is 1.13 bits per heavy atom. The second kappa shape index (κ2) is 9.37. The highest BCUT2D eigenvalue weighted by atomic mass is 32.2. The van der Waals surface area contributed by atoms with Crippen LogP contribution in [0.1, 0.15) is 59.8 Å². The molecular weight excluding hydrogens is 520 g/mol. The third kappa shape index (κ3) is 4.28. The van der Waals surface area contributed by atoms with Crippen LogP contribution in [0.2, 0.25) is 0 Å². The number of aliphatic hydroxyl groups excluding tert-OH is 1. The van der Waals surface area contributed by atoms with Gasteiger partial charge < -0.3 is 19.9 Å². The van der Waals surface area contributed by atoms with E-state index in [4.69, 9.17) is 14.6 Å². The first-order valence-electron chi connectivity index (χ1n) is 14.8. The SMILES string of the molecule is CC1CCC2C(C)(C)C(=NN3CCOCC3)C(NS(C)(=O)=O)CC23OC2C(CC13C)C(O)CC1C(=O)NCC12. The van der Waals surface area contributed by atoms with Crippen molar-refractivity contribution in [2.75, 3.05) is 39.1 Å². The van der Waals surface area contributed by atoms with Crippen LogP contribution in [0.15, 0.2) is 5.10 Å². The van der Waals surface area contributed by atoms with E-state index in [1.165, 1.54) is 6.26 Å². The van der Waals surface area contributed by atoms with Gasteiger partial charge in [0.15, 0.2) is 0 Å². The molecule has 1 amide bonds. The van der Waals surface area contributed by atoms with E-state index < -0.39 is 33.2 Å². The normalized spacial score (nSPS) is 48.5. The van der Waals surface area contributed by atoms with Gasteiger partial charge in [-0.2, -0.15) is 5.10 Å². The lowest BCUT2D eigenvalue weighted by molar-refractivity contribution is -0.319. The van der Waals surface area contributed by atoms with Gasteiger partial charge in [-0.1, -0.05) is 27.7 Å². The number of ether oxygens (including phenoxy) is 2. The molecule has 3 saturated carbocycles. The summed E-state index contributed by atoms with van der Waals surface area (Å²) < 4.78 is 41.4. The van der Waals surface area contributed by atoms with E-state index >= 15 is 0 Å². The lowest BCUT2D eigenvalue weighted by atomic mass is 9.41. The summed E-state index contributed by atoms with van der Waals surface area (Å²) >= 11 is 0. The van der Waals surface area contributed by atoms with Gasteiger partial charge in [0.25, 0.3) is 0 Å². The second-order valence-corrected chi connectivity index (χ2v) is 15.8. The molecule has 3 heterocycles. The molecular formula is C28H46N4O6S. The number of rotatable bonds is 3. The number of hydrogen-bond donors (Lipinski definition) is 3. The van der Waals surface area contributed by atoms with Gasteiger partial charge >= 0.3 is 0 Å². The summed E-state index contributed by atoms with van der Waals surface area (Å²) in [6, 6.07) is -0.511. The number of morpholine rings is 1. The van der Waals surface area contributed by atoms with E-state index in [0.717, 1.165) is 25.0 Å². The van der Waals surface area contributed by atoms with Gasteiger partial charge in [-0.25, -0.2) is 13.1 Å². The molecule has 1 spiro atoms. The fourth-order valence-electron chi connectivity index (χ4n) is 9.57. The number of carbonyl (C=O) groups is 1. The molecule has 0 aromatic rings. The molecule has 0 bridgehead atoms. The highest BCUT2D eigenvalue weighted by Gasteiger charge is 2.71. The fraction of sp³-hybridized carbons (Fsp3) is 0.929. The lowest BCUT2D eigenvalue weighted by Gasteiger charge is -2.70. The molecule has 0 aromatic carbocycles. The molecule has 3 N–H and O–H groups in total. The topological polar surface area (TPSA) is 130 Å². The average Bonchev–Trinajstić information content (AvgIpc) is 3.22. The van der Waals surface area contributed by atoms with Crippen molar-refractivity contribution in [3.05, 3.63) is 0 Å². The number of nitrogens with zero attached hydrogens (tertiary/aromatic N) is 2. The van der Waals surface area contributed by atoms with E-state index in [2.05, 4.69) is 37.7 Å². The van der Waals surface area contributed by atoms with Gasteiger partial charge in [-0.05, 0) is 49.4 Å². The van der Waals surface area contributed by atoms with Crippen molar-refractivity contribution in [1.29, 1.82) is 0 Å². The van der Waals surface area contributed by atoms with Crippen molar-refractivity contribution >= 4 is 21.6 Å². The standard InChI is InChI=1S/C28H46N4O6S/c1-16-6-7-22-26(2,3)24(30-32-8-10-37-11-9-32)20(31-39(5,35)36)14-28(22)27(16,4)13-18-21(33)12-17-19(23(18)38-28)15-29-25(17)34/h16-23,31,33H,6-15H2,1-5H3,(H,29,34). The van der Waals surface area contributed by atoms with Gasteiger partial charge in [-0.3, -0.25) is 9.80 Å². The first kappa shape index (κ1) is 27.9. The van der Waals surface area contributed by atoms with Crippen LogP contribution in [0.5, 0.6) is 0 Å². The van der Waals surface area contributed by atoms with Crippen molar-refractivity contribution < 1.29 is 27.8 Å². The Morgan fingerprint density at radius 2 is 1.85 bits per heavy atom. The molecule has 10 nitrogen and oxygen atoms in total. The zero-order chi connectivity index (χ0) is 28.0. The van der Waals surface area contributed by atoms with Gasteiger partial charge in [0.05, 0.1) is 62.1 Å². The molecule has 10 unspecified atom stereocenters.